The van der Waals surface area contributed by atoms with Crippen LogP contribution < -0.4 is 16.4 Å². The van der Waals surface area contributed by atoms with Crippen LogP contribution in [0.5, 0.6) is 11.9 Å². The largest absolute Gasteiger partial charge is 0.492 e. The Bertz CT molecular complexity index is 890. The fourth-order valence-corrected chi connectivity index (χ4v) is 2.34. The lowest BCUT2D eigenvalue weighted by molar-refractivity contribution is 0.255. The first-order chi connectivity index (χ1) is 11.0. The maximum atomic E-state index is 11.9. The number of aromatic hydroxyl groups is 2. The number of nitrogen functional groups attached to an aromatic ring is 1. The van der Waals surface area contributed by atoms with Gasteiger partial charge in [-0.1, -0.05) is 30.3 Å². The second-order valence-electron chi connectivity index (χ2n) is 4.79. The molecule has 8 heteroatoms. The molecule has 1 aromatic heterocycles. The van der Waals surface area contributed by atoms with Crippen LogP contribution in [-0.4, -0.2) is 26.2 Å². The molecule has 0 unspecified atom stereocenters. The lowest BCUT2D eigenvalue weighted by Crippen LogP contribution is -2.32. The van der Waals surface area contributed by atoms with Crippen LogP contribution in [0.4, 0.5) is 22.0 Å². The first-order valence-corrected chi connectivity index (χ1v) is 6.61. The number of anilines is 3. The van der Waals surface area contributed by atoms with Crippen LogP contribution in [0.25, 0.3) is 10.8 Å². The lowest BCUT2D eigenvalue weighted by atomic mass is 10.1. The number of amides is 2. The number of urea groups is 1. The average molecular weight is 311 g/mol. The number of carbonyl (C=O) groups excluding carboxylic acids is 1. The molecular formula is C15H13N5O3. The van der Waals surface area contributed by atoms with Crippen molar-refractivity contribution in [2.75, 3.05) is 10.6 Å². The normalized spacial score (nSPS) is 10.6. The molecule has 0 aliphatic carbocycles. The van der Waals surface area contributed by atoms with Crippen LogP contribution in [0, 0.1) is 0 Å². The highest BCUT2D eigenvalue weighted by atomic mass is 16.3. The van der Waals surface area contributed by atoms with E-state index in [0.29, 0.717) is 5.69 Å². The number of rotatable bonds is 2. The second kappa shape index (κ2) is 5.34. The van der Waals surface area contributed by atoms with E-state index in [2.05, 4.69) is 9.97 Å². The minimum Gasteiger partial charge on any atom is -0.492 e. The minimum atomic E-state index is -0.878. The van der Waals surface area contributed by atoms with Crippen molar-refractivity contribution in [3.05, 3.63) is 42.5 Å². The van der Waals surface area contributed by atoms with E-state index in [1.807, 2.05) is 24.3 Å². The minimum absolute atomic E-state index is 0.189. The Morgan fingerprint density at radius 3 is 2.39 bits per heavy atom. The zero-order chi connectivity index (χ0) is 16.6. The van der Waals surface area contributed by atoms with Crippen LogP contribution in [0.2, 0.25) is 0 Å². The number of hydrogen-bond acceptors (Lipinski definition) is 6. The Balaban J connectivity index is 2.20. The Morgan fingerprint density at radius 1 is 1.04 bits per heavy atom. The summed E-state index contributed by atoms with van der Waals surface area (Å²) in [4.78, 5) is 19.8. The van der Waals surface area contributed by atoms with Crippen molar-refractivity contribution < 1.29 is 15.0 Å². The van der Waals surface area contributed by atoms with Crippen molar-refractivity contribution in [2.24, 2.45) is 5.73 Å². The zero-order valence-corrected chi connectivity index (χ0v) is 11.8. The predicted molar refractivity (Wildman–Crippen MR) is 85.4 cm³/mol. The van der Waals surface area contributed by atoms with E-state index < -0.39 is 17.9 Å². The highest BCUT2D eigenvalue weighted by molar-refractivity contribution is 6.03. The van der Waals surface area contributed by atoms with Gasteiger partial charge in [-0.2, -0.15) is 9.97 Å². The van der Waals surface area contributed by atoms with Gasteiger partial charge in [0.2, 0.25) is 5.88 Å². The first kappa shape index (κ1) is 14.4. The molecule has 2 aromatic carbocycles. The van der Waals surface area contributed by atoms with Gasteiger partial charge in [0.1, 0.15) is 0 Å². The highest BCUT2D eigenvalue weighted by Gasteiger charge is 2.24. The standard InChI is InChI=1S/C15H13N5O3/c16-12-11(13(21)19-15(23)18-12)20(14(17)22)10-6-5-8-3-1-2-4-9(8)7-10/h1-7H,(H2,17,22)(H4,16,18,19,21,23). The quantitative estimate of drug-likeness (QED) is 0.569. The summed E-state index contributed by atoms with van der Waals surface area (Å²) in [5.41, 5.74) is 11.3. The number of carbonyl (C=O) groups is 1. The van der Waals surface area contributed by atoms with Gasteiger partial charge >= 0.3 is 12.0 Å². The molecule has 8 nitrogen and oxygen atoms in total. The van der Waals surface area contributed by atoms with Crippen LogP contribution >= 0.6 is 0 Å². The van der Waals surface area contributed by atoms with E-state index in [-0.39, 0.29) is 11.5 Å². The average Bonchev–Trinajstić information content (AvgIpc) is 2.50. The molecule has 23 heavy (non-hydrogen) atoms. The predicted octanol–water partition coefficient (Wildman–Crippen LogP) is 1.84. The number of primary amides is 1. The van der Waals surface area contributed by atoms with Crippen LogP contribution in [0.1, 0.15) is 0 Å². The molecule has 0 atom stereocenters. The summed E-state index contributed by atoms with van der Waals surface area (Å²) >= 11 is 0. The van der Waals surface area contributed by atoms with Crippen molar-refractivity contribution in [3.63, 3.8) is 0 Å². The summed E-state index contributed by atoms with van der Waals surface area (Å²) in [6.07, 6.45) is 0. The molecule has 0 saturated carbocycles. The summed E-state index contributed by atoms with van der Waals surface area (Å²) in [7, 11) is 0. The molecule has 6 N–H and O–H groups in total. The topological polar surface area (TPSA) is 139 Å². The number of fused-ring (bicyclic) bond motifs is 1. The second-order valence-corrected chi connectivity index (χ2v) is 4.79. The SMILES string of the molecule is NC(=O)N(c1ccc2ccccc2c1)c1c(N)nc(O)nc1O. The molecule has 0 aliphatic heterocycles. The number of aromatic nitrogens is 2. The molecule has 116 valence electrons. The van der Waals surface area contributed by atoms with Gasteiger partial charge in [0.25, 0.3) is 0 Å². The van der Waals surface area contributed by atoms with Gasteiger partial charge in [-0.05, 0) is 22.9 Å². The fourth-order valence-electron chi connectivity index (χ4n) is 2.34. The Labute approximate surface area is 130 Å². The van der Waals surface area contributed by atoms with Gasteiger partial charge in [-0.3, -0.25) is 4.90 Å². The van der Waals surface area contributed by atoms with Crippen molar-refractivity contribution in [1.82, 2.24) is 9.97 Å². The van der Waals surface area contributed by atoms with Gasteiger partial charge in [-0.25, -0.2) is 4.79 Å². The van der Waals surface area contributed by atoms with Gasteiger partial charge in [0.15, 0.2) is 11.5 Å². The van der Waals surface area contributed by atoms with E-state index in [9.17, 15) is 15.0 Å². The number of hydrogen-bond donors (Lipinski definition) is 4. The van der Waals surface area contributed by atoms with Gasteiger partial charge in [0, 0.05) is 0 Å². The molecule has 0 bridgehead atoms. The first-order valence-electron chi connectivity index (χ1n) is 6.61. The van der Waals surface area contributed by atoms with Gasteiger partial charge < -0.3 is 21.7 Å². The van der Waals surface area contributed by atoms with Crippen molar-refractivity contribution in [1.29, 1.82) is 0 Å². The summed E-state index contributed by atoms with van der Waals surface area (Å²) in [6, 6.07) is 11.1. The summed E-state index contributed by atoms with van der Waals surface area (Å²) < 4.78 is 0. The highest BCUT2D eigenvalue weighted by Crippen LogP contribution is 2.37. The van der Waals surface area contributed by atoms with Crippen molar-refractivity contribution in [3.8, 4) is 11.9 Å². The van der Waals surface area contributed by atoms with E-state index in [1.54, 1.807) is 18.2 Å². The summed E-state index contributed by atoms with van der Waals surface area (Å²) in [6.45, 7) is 0. The van der Waals surface area contributed by atoms with Crippen LogP contribution in [0.3, 0.4) is 0 Å². The van der Waals surface area contributed by atoms with Crippen molar-refractivity contribution >= 4 is 34.0 Å². The van der Waals surface area contributed by atoms with Crippen LogP contribution in [0.15, 0.2) is 42.5 Å². The van der Waals surface area contributed by atoms with Crippen molar-refractivity contribution in [2.45, 2.75) is 0 Å². The molecule has 0 fully saturated rings. The van der Waals surface area contributed by atoms with E-state index in [1.165, 1.54) is 0 Å². The number of nitrogens with zero attached hydrogens (tertiary/aromatic N) is 3. The molecule has 2 amide bonds. The summed E-state index contributed by atoms with van der Waals surface area (Å²) in [5.74, 6) is -0.927. The Hall–Kier alpha value is -3.55. The van der Waals surface area contributed by atoms with Gasteiger partial charge in [-0.15, -0.1) is 0 Å². The molecule has 1 heterocycles. The van der Waals surface area contributed by atoms with Crippen LogP contribution in [-0.2, 0) is 0 Å². The maximum absolute atomic E-state index is 11.9. The van der Waals surface area contributed by atoms with Gasteiger partial charge in [0.05, 0.1) is 5.69 Å². The van der Waals surface area contributed by atoms with E-state index in [4.69, 9.17) is 11.5 Å². The third-order valence-electron chi connectivity index (χ3n) is 3.32. The Morgan fingerprint density at radius 2 is 1.74 bits per heavy atom. The molecular weight excluding hydrogens is 298 g/mol. The maximum Gasteiger partial charge on any atom is 0.324 e. The van der Waals surface area contributed by atoms with E-state index in [0.717, 1.165) is 15.7 Å². The fraction of sp³-hybridized carbons (Fsp3) is 0. The number of nitrogens with two attached hydrogens (primary N) is 2. The molecule has 0 aliphatic rings. The number of benzene rings is 2. The molecule has 3 aromatic rings. The Kier molecular flexibility index (Phi) is 3.34. The molecule has 3 rings (SSSR count). The monoisotopic (exact) mass is 311 g/mol. The smallest absolute Gasteiger partial charge is 0.324 e. The van der Waals surface area contributed by atoms with E-state index >= 15 is 0 Å². The third kappa shape index (κ3) is 2.53. The molecule has 0 radical (unpaired) electrons. The summed E-state index contributed by atoms with van der Waals surface area (Å²) in [5, 5.41) is 21.0. The third-order valence-corrected chi connectivity index (χ3v) is 3.32. The lowest BCUT2D eigenvalue weighted by Gasteiger charge is -2.22. The zero-order valence-electron chi connectivity index (χ0n) is 11.8. The molecule has 0 saturated heterocycles. The molecule has 0 spiro atoms.